The molecule has 0 nitrogen and oxygen atoms in total. The second-order valence-corrected chi connectivity index (χ2v) is 0. The number of hydrogen-bond donors (Lipinski definition) is 0. The maximum absolute atomic E-state index is 0. The number of hydrogen-bond acceptors (Lipinski definition) is 0. The summed E-state index contributed by atoms with van der Waals surface area (Å²) in [6, 6.07) is 0. The molecule has 0 unspecified atom stereocenters. The van der Waals surface area contributed by atoms with Crippen molar-refractivity contribution < 1.29 is 0 Å². The molecule has 0 spiro atoms. The topological polar surface area (TPSA) is 0 Å². The van der Waals surface area contributed by atoms with Gasteiger partial charge in [-0.1, -0.05) is 0 Å². The molecule has 0 atom stereocenters. The molecule has 4 radical (unpaired) electrons. The molecule has 36 valence electrons. The van der Waals surface area contributed by atoms with Crippen LogP contribution in [0.5, 0.6) is 0 Å². The largest absolute Gasteiger partial charge is 0.107 e. The van der Waals surface area contributed by atoms with Crippen molar-refractivity contribution in [1.29, 1.82) is 0 Å². The van der Waals surface area contributed by atoms with Gasteiger partial charge in [-0.15, -0.1) is 95.9 Å². The first-order valence-electron chi connectivity index (χ1n) is 0. The maximum atomic E-state index is 0. The van der Waals surface area contributed by atoms with E-state index in [1.807, 2.05) is 0 Å². The van der Waals surface area contributed by atoms with E-state index in [4.69, 9.17) is 0 Å². The molecule has 0 aromatic heterocycles. The quantitative estimate of drug-likeness (QED) is 0.303. The molecule has 5 heavy (non-hydrogen) atoms. The van der Waals surface area contributed by atoms with Crippen LogP contribution in [0.25, 0.3) is 0 Å². The molecule has 0 aliphatic rings. The van der Waals surface area contributed by atoms with E-state index in [-0.39, 0.29) is 114 Å². The molecule has 0 aromatic rings. The second kappa shape index (κ2) is 26.0. The summed E-state index contributed by atoms with van der Waals surface area (Å²) >= 11 is 0. The fraction of sp³-hybridized carbons (Fsp3) is 0. The van der Waals surface area contributed by atoms with Crippen LogP contribution in [0.2, 0.25) is 0 Å². The van der Waals surface area contributed by atoms with Gasteiger partial charge in [0, 0.05) is 17.6 Å². The molecule has 0 rings (SSSR count). The monoisotopic (exact) mass is 586 g/mol. The Morgan fingerprint density at radius 1 is 0.400 bits per heavy atom. The Morgan fingerprint density at radius 2 is 0.400 bits per heavy atom. The molecule has 0 aliphatic heterocycles. The molecule has 0 bridgehead atoms. The van der Waals surface area contributed by atoms with Crippen LogP contribution in [0.1, 0.15) is 0 Å². The Morgan fingerprint density at radius 3 is 0.400 bits per heavy atom. The number of rotatable bonds is 0. The average Bonchev–Trinajstić information content (AvgIpc) is 0. The molecule has 0 aliphatic carbocycles. The van der Waals surface area contributed by atoms with Crippen LogP contribution in [-0.4, -0.2) is 17.6 Å². The van der Waals surface area contributed by atoms with Gasteiger partial charge >= 0.3 is 0 Å². The third-order valence-corrected chi connectivity index (χ3v) is 0. The first-order chi connectivity index (χ1) is 0. The van der Waals surface area contributed by atoms with Gasteiger partial charge in [0.05, 0.1) is 0 Å². The molecule has 0 aromatic carbocycles. The van der Waals surface area contributed by atoms with E-state index in [9.17, 15) is 0 Å². The second-order valence-electron chi connectivity index (χ2n) is 0. The van der Waals surface area contributed by atoms with Gasteiger partial charge in [0.15, 0.2) is 0 Å². The van der Waals surface area contributed by atoms with Gasteiger partial charge in [-0.05, 0) is 0 Å². The third kappa shape index (κ3) is 18.6. The first-order valence-corrected chi connectivity index (χ1v) is 0. The van der Waals surface area contributed by atoms with Gasteiger partial charge in [-0.3, -0.25) is 0 Å². The van der Waals surface area contributed by atoms with Gasteiger partial charge in [-0.25, -0.2) is 0 Å². The third-order valence-electron chi connectivity index (χ3n) is 0. The van der Waals surface area contributed by atoms with E-state index < -0.39 is 0 Å². The predicted octanol–water partition coefficient (Wildman–Crippen LogP) is 2.09. The zero-order valence-corrected chi connectivity index (χ0v) is 13.6. The van der Waals surface area contributed by atoms with Crippen LogP contribution < -0.4 is 0 Å². The Labute approximate surface area is 111 Å². The van der Waals surface area contributed by atoms with Gasteiger partial charge in [0.25, 0.3) is 0 Å². The summed E-state index contributed by atoms with van der Waals surface area (Å²) in [4.78, 5) is 0. The molecule has 0 N–H and O–H groups in total. The Bertz CT molecular complexity index is 3.61. The zero-order chi connectivity index (χ0) is 0. The van der Waals surface area contributed by atoms with Crippen LogP contribution in [0.4, 0.5) is 0 Å². The van der Waals surface area contributed by atoms with Crippen molar-refractivity contribution >= 4 is 114 Å². The van der Waals surface area contributed by atoms with Crippen molar-refractivity contribution in [3.63, 3.8) is 0 Å². The van der Waals surface area contributed by atoms with E-state index >= 15 is 0 Å². The van der Waals surface area contributed by atoms with Gasteiger partial charge in [0.2, 0.25) is 0 Å². The minimum absolute atomic E-state index is 0. The fourth-order valence-corrected chi connectivity index (χ4v) is 0. The average molecular weight is 584 g/mol. The SMILES string of the molecule is I.I.I.I.[Ge]. The fourth-order valence-electron chi connectivity index (χ4n) is 0. The number of halogens is 4. The molecule has 0 heterocycles. The van der Waals surface area contributed by atoms with E-state index in [0.717, 1.165) is 0 Å². The molecule has 0 fully saturated rings. The van der Waals surface area contributed by atoms with Crippen molar-refractivity contribution in [3.8, 4) is 0 Å². The normalized spacial score (nSPS) is 0. The molecule has 5 heteroatoms. The zero-order valence-electron chi connectivity index (χ0n) is 2.13. The summed E-state index contributed by atoms with van der Waals surface area (Å²) in [6.45, 7) is 0. The Hall–Kier alpha value is 3.46. The maximum Gasteiger partial charge on any atom is 0 e. The standard InChI is InChI=1S/Ge.4HI/h;4*1H. The molecule has 0 amide bonds. The van der Waals surface area contributed by atoms with Crippen LogP contribution in [0.3, 0.4) is 0 Å². The van der Waals surface area contributed by atoms with Crippen molar-refractivity contribution in [1.82, 2.24) is 0 Å². The Kier molecular flexibility index (Phi) is 204. The van der Waals surface area contributed by atoms with Gasteiger partial charge in [0.1, 0.15) is 0 Å². The summed E-state index contributed by atoms with van der Waals surface area (Å²) < 4.78 is 0. The summed E-state index contributed by atoms with van der Waals surface area (Å²) in [5, 5.41) is 0. The van der Waals surface area contributed by atoms with Crippen LogP contribution in [0.15, 0.2) is 0 Å². The first kappa shape index (κ1) is 39.3. The van der Waals surface area contributed by atoms with Crippen molar-refractivity contribution in [3.05, 3.63) is 0 Å². The Balaban J connectivity index is 0. The minimum Gasteiger partial charge on any atom is -0.107 e. The summed E-state index contributed by atoms with van der Waals surface area (Å²) in [6.07, 6.45) is 0. The summed E-state index contributed by atoms with van der Waals surface area (Å²) in [5.74, 6) is 0. The molecular weight excluding hydrogens is 580 g/mol. The van der Waals surface area contributed by atoms with E-state index in [0.29, 0.717) is 0 Å². The van der Waals surface area contributed by atoms with Crippen molar-refractivity contribution in [2.24, 2.45) is 0 Å². The summed E-state index contributed by atoms with van der Waals surface area (Å²) in [5.41, 5.74) is 0. The van der Waals surface area contributed by atoms with E-state index in [2.05, 4.69) is 0 Å². The minimum atomic E-state index is 0. The molecule has 0 saturated heterocycles. The van der Waals surface area contributed by atoms with Gasteiger partial charge < -0.3 is 0 Å². The van der Waals surface area contributed by atoms with Crippen molar-refractivity contribution in [2.45, 2.75) is 0 Å². The van der Waals surface area contributed by atoms with Crippen LogP contribution >= 0.6 is 95.9 Å². The summed E-state index contributed by atoms with van der Waals surface area (Å²) in [7, 11) is 0. The van der Waals surface area contributed by atoms with Crippen molar-refractivity contribution in [2.75, 3.05) is 0 Å². The molecule has 0 saturated carbocycles. The van der Waals surface area contributed by atoms with E-state index in [1.54, 1.807) is 0 Å². The smallest absolute Gasteiger partial charge is 0 e. The van der Waals surface area contributed by atoms with Crippen LogP contribution in [-0.2, 0) is 0 Å². The predicted molar refractivity (Wildman–Crippen MR) is 67.4 cm³/mol. The van der Waals surface area contributed by atoms with Gasteiger partial charge in [-0.2, -0.15) is 0 Å². The van der Waals surface area contributed by atoms with Crippen LogP contribution in [0, 0.1) is 0 Å². The van der Waals surface area contributed by atoms with E-state index in [1.165, 1.54) is 0 Å². The molecular formula is H4GeI4.